The summed E-state index contributed by atoms with van der Waals surface area (Å²) in [7, 11) is 3.66. The van der Waals surface area contributed by atoms with Gasteiger partial charge in [-0.05, 0) is 59.9 Å². The number of nitrogens with zero attached hydrogens (tertiary/aromatic N) is 1. The Bertz CT molecular complexity index is 605. The first-order valence-electron chi connectivity index (χ1n) is 6.72. The van der Waals surface area contributed by atoms with Gasteiger partial charge in [0.05, 0.1) is 23.3 Å². The summed E-state index contributed by atoms with van der Waals surface area (Å²) in [5, 5.41) is 4.54. The number of rotatable bonds is 4. The highest BCUT2D eigenvalue weighted by molar-refractivity contribution is 9.10. The molecule has 1 heterocycles. The van der Waals surface area contributed by atoms with Crippen molar-refractivity contribution in [3.05, 3.63) is 43.8 Å². The average molecular weight is 353 g/mol. The van der Waals surface area contributed by atoms with E-state index in [1.807, 2.05) is 24.5 Å². The van der Waals surface area contributed by atoms with Gasteiger partial charge < -0.3 is 10.1 Å². The van der Waals surface area contributed by atoms with E-state index in [2.05, 4.69) is 33.4 Å². The van der Waals surface area contributed by atoms with Gasteiger partial charge in [0.2, 0.25) is 0 Å². The summed E-state index contributed by atoms with van der Waals surface area (Å²) in [5.74, 6) is 0.852. The zero-order chi connectivity index (χ0) is 14.1. The molecule has 20 heavy (non-hydrogen) atoms. The molecule has 2 aromatic rings. The van der Waals surface area contributed by atoms with Crippen molar-refractivity contribution in [2.75, 3.05) is 14.2 Å². The third kappa shape index (κ3) is 2.50. The molecule has 0 amide bonds. The SMILES string of the molecule is CNC(c1ccc(OC)c(Br)c1)c1nc2c(s1)CCC2. The van der Waals surface area contributed by atoms with E-state index < -0.39 is 0 Å². The lowest BCUT2D eigenvalue weighted by atomic mass is 10.1. The normalized spacial score (nSPS) is 15.2. The van der Waals surface area contributed by atoms with Crippen molar-refractivity contribution in [3.63, 3.8) is 0 Å². The molecule has 0 spiro atoms. The summed E-state index contributed by atoms with van der Waals surface area (Å²) in [4.78, 5) is 6.29. The molecular formula is C15H17BrN2OS. The zero-order valence-corrected chi connectivity index (χ0v) is 14.0. The number of benzene rings is 1. The Morgan fingerprint density at radius 1 is 1.40 bits per heavy atom. The number of ether oxygens (including phenoxy) is 1. The average Bonchev–Trinajstić information content (AvgIpc) is 3.01. The third-order valence-corrected chi connectivity index (χ3v) is 5.50. The highest BCUT2D eigenvalue weighted by atomic mass is 79.9. The van der Waals surface area contributed by atoms with Crippen LogP contribution in [0.3, 0.4) is 0 Å². The molecule has 0 aliphatic heterocycles. The van der Waals surface area contributed by atoms with E-state index in [9.17, 15) is 0 Å². The van der Waals surface area contributed by atoms with Gasteiger partial charge >= 0.3 is 0 Å². The van der Waals surface area contributed by atoms with Gasteiger partial charge in [-0.1, -0.05) is 6.07 Å². The monoisotopic (exact) mass is 352 g/mol. The van der Waals surface area contributed by atoms with E-state index in [1.165, 1.54) is 29.0 Å². The third-order valence-electron chi connectivity index (χ3n) is 3.66. The summed E-state index contributed by atoms with van der Waals surface area (Å²) >= 11 is 5.40. The molecule has 0 saturated carbocycles. The van der Waals surface area contributed by atoms with E-state index >= 15 is 0 Å². The molecule has 0 radical (unpaired) electrons. The Morgan fingerprint density at radius 3 is 2.90 bits per heavy atom. The summed E-state index contributed by atoms with van der Waals surface area (Å²) in [6.45, 7) is 0. The van der Waals surface area contributed by atoms with Crippen LogP contribution in [0.25, 0.3) is 0 Å². The Hall–Kier alpha value is -0.910. The molecule has 106 valence electrons. The Morgan fingerprint density at radius 2 is 2.25 bits per heavy atom. The van der Waals surface area contributed by atoms with Gasteiger partial charge in [0.25, 0.3) is 0 Å². The number of thiazole rings is 1. The van der Waals surface area contributed by atoms with Crippen molar-refractivity contribution in [1.82, 2.24) is 10.3 Å². The van der Waals surface area contributed by atoms with Crippen molar-refractivity contribution >= 4 is 27.3 Å². The maximum atomic E-state index is 5.29. The van der Waals surface area contributed by atoms with E-state index in [1.54, 1.807) is 7.11 Å². The van der Waals surface area contributed by atoms with Crippen molar-refractivity contribution in [3.8, 4) is 5.75 Å². The second-order valence-electron chi connectivity index (χ2n) is 4.89. The van der Waals surface area contributed by atoms with Crippen LogP contribution < -0.4 is 10.1 Å². The van der Waals surface area contributed by atoms with Crippen molar-refractivity contribution in [2.24, 2.45) is 0 Å². The van der Waals surface area contributed by atoms with Crippen LogP contribution in [0.2, 0.25) is 0 Å². The smallest absolute Gasteiger partial charge is 0.133 e. The maximum Gasteiger partial charge on any atom is 0.133 e. The van der Waals surface area contributed by atoms with Crippen molar-refractivity contribution < 1.29 is 4.74 Å². The van der Waals surface area contributed by atoms with Gasteiger partial charge in [0, 0.05) is 4.88 Å². The van der Waals surface area contributed by atoms with Crippen LogP contribution in [-0.2, 0) is 12.8 Å². The Balaban J connectivity index is 1.94. The Labute approximate surface area is 131 Å². The van der Waals surface area contributed by atoms with Crippen LogP contribution in [0, 0.1) is 0 Å². The molecule has 1 N–H and O–H groups in total. The van der Waals surface area contributed by atoms with Crippen molar-refractivity contribution in [1.29, 1.82) is 0 Å². The largest absolute Gasteiger partial charge is 0.496 e. The highest BCUT2D eigenvalue weighted by Gasteiger charge is 2.22. The predicted octanol–water partition coefficient (Wildman–Crippen LogP) is 3.71. The van der Waals surface area contributed by atoms with E-state index in [4.69, 9.17) is 9.72 Å². The van der Waals surface area contributed by atoms with Gasteiger partial charge in [-0.2, -0.15) is 0 Å². The van der Waals surface area contributed by atoms with E-state index in [0.29, 0.717) is 0 Å². The lowest BCUT2D eigenvalue weighted by Crippen LogP contribution is -2.17. The Kier molecular flexibility index (Phi) is 4.10. The molecule has 3 rings (SSSR count). The second kappa shape index (κ2) is 5.84. The number of nitrogens with one attached hydrogen (secondary N) is 1. The van der Waals surface area contributed by atoms with Gasteiger partial charge in [-0.25, -0.2) is 4.98 Å². The number of hydrogen-bond acceptors (Lipinski definition) is 4. The van der Waals surface area contributed by atoms with Crippen LogP contribution in [0.4, 0.5) is 0 Å². The van der Waals surface area contributed by atoms with Gasteiger partial charge in [-0.3, -0.25) is 0 Å². The quantitative estimate of drug-likeness (QED) is 0.910. The number of halogens is 1. The van der Waals surface area contributed by atoms with E-state index in [0.717, 1.165) is 21.7 Å². The van der Waals surface area contributed by atoms with Gasteiger partial charge in [0.15, 0.2) is 0 Å². The lowest BCUT2D eigenvalue weighted by molar-refractivity contribution is 0.412. The fourth-order valence-electron chi connectivity index (χ4n) is 2.63. The lowest BCUT2D eigenvalue weighted by Gasteiger charge is -2.15. The van der Waals surface area contributed by atoms with Crippen LogP contribution in [0.1, 0.15) is 33.6 Å². The van der Waals surface area contributed by atoms with Crippen LogP contribution in [-0.4, -0.2) is 19.1 Å². The number of aromatic nitrogens is 1. The molecule has 3 nitrogen and oxygen atoms in total. The topological polar surface area (TPSA) is 34.1 Å². The van der Waals surface area contributed by atoms with Gasteiger partial charge in [-0.15, -0.1) is 11.3 Å². The molecule has 1 aromatic carbocycles. The molecular weight excluding hydrogens is 336 g/mol. The summed E-state index contributed by atoms with van der Waals surface area (Å²) in [6.07, 6.45) is 3.58. The molecule has 1 aromatic heterocycles. The van der Waals surface area contributed by atoms with E-state index in [-0.39, 0.29) is 6.04 Å². The molecule has 0 bridgehead atoms. The van der Waals surface area contributed by atoms with Crippen LogP contribution >= 0.6 is 27.3 Å². The first-order valence-corrected chi connectivity index (χ1v) is 8.33. The molecule has 0 fully saturated rings. The fourth-order valence-corrected chi connectivity index (χ4v) is 4.48. The number of fused-ring (bicyclic) bond motifs is 1. The number of hydrogen-bond donors (Lipinski definition) is 1. The highest BCUT2D eigenvalue weighted by Crippen LogP contribution is 2.35. The zero-order valence-electron chi connectivity index (χ0n) is 11.6. The van der Waals surface area contributed by atoms with Crippen LogP contribution in [0.5, 0.6) is 5.75 Å². The first-order chi connectivity index (χ1) is 9.72. The molecule has 1 atom stereocenters. The number of methoxy groups -OCH3 is 1. The summed E-state index contributed by atoms with van der Waals surface area (Å²) in [6, 6.07) is 6.34. The molecule has 5 heteroatoms. The first kappa shape index (κ1) is 14.0. The van der Waals surface area contributed by atoms with Gasteiger partial charge in [0.1, 0.15) is 10.8 Å². The molecule has 1 aliphatic carbocycles. The minimum absolute atomic E-state index is 0.146. The summed E-state index contributed by atoms with van der Waals surface area (Å²) in [5.41, 5.74) is 2.51. The molecule has 1 unspecified atom stereocenters. The molecule has 1 aliphatic rings. The standard InChI is InChI=1S/C15H17BrN2OS/c1-17-14(9-6-7-12(19-2)10(16)8-9)15-18-11-4-3-5-13(11)20-15/h6-8,14,17H,3-5H2,1-2H3. The minimum Gasteiger partial charge on any atom is -0.496 e. The second-order valence-corrected chi connectivity index (χ2v) is 6.86. The summed E-state index contributed by atoms with van der Waals surface area (Å²) < 4.78 is 6.26. The minimum atomic E-state index is 0.146. The number of aryl methyl sites for hydroxylation is 2. The van der Waals surface area contributed by atoms with Crippen LogP contribution in [0.15, 0.2) is 22.7 Å². The predicted molar refractivity (Wildman–Crippen MR) is 85.7 cm³/mol. The molecule has 0 saturated heterocycles. The fraction of sp³-hybridized carbons (Fsp3) is 0.400. The maximum absolute atomic E-state index is 5.29. The van der Waals surface area contributed by atoms with Crippen molar-refractivity contribution in [2.45, 2.75) is 25.3 Å².